The average molecular weight is 339 g/mol. The zero-order valence-electron chi connectivity index (χ0n) is 7.78. The van der Waals surface area contributed by atoms with E-state index in [-0.39, 0.29) is 16.9 Å². The molecule has 0 aromatic heterocycles. The Kier molecular flexibility index (Phi) is 2.46. The molecular weight excluding hydrogens is 333 g/mol. The fraction of sp³-hybridized carbons (Fsp3) is 0.600. The number of fused-ring (bicyclic) bond motifs is 5. The standard InChI is InChI=1S/C10H6Cl6/c11-6-7(12)9(14)5-3-1-2-4(5)8(6,13)10(9,15)16/h1-2,4-5H,3H2/t4?,5?,8-,9+/m0/s1. The lowest BCUT2D eigenvalue weighted by Crippen LogP contribution is -2.44. The molecule has 4 atom stereocenters. The van der Waals surface area contributed by atoms with Crippen molar-refractivity contribution in [3.05, 3.63) is 22.2 Å². The largest absolute Gasteiger partial charge is 0.167 e. The Bertz CT molecular complexity index is 439. The van der Waals surface area contributed by atoms with Crippen LogP contribution in [0.5, 0.6) is 0 Å². The Morgan fingerprint density at radius 2 is 1.56 bits per heavy atom. The van der Waals surface area contributed by atoms with Gasteiger partial charge in [-0.25, -0.2) is 0 Å². The second-order valence-corrected chi connectivity index (χ2v) is 7.70. The van der Waals surface area contributed by atoms with Crippen molar-refractivity contribution >= 4 is 69.6 Å². The van der Waals surface area contributed by atoms with E-state index in [2.05, 4.69) is 0 Å². The summed E-state index contributed by atoms with van der Waals surface area (Å²) in [6.45, 7) is 0. The molecule has 3 rings (SSSR count). The molecule has 6 heteroatoms. The van der Waals surface area contributed by atoms with Gasteiger partial charge in [0.1, 0.15) is 9.75 Å². The van der Waals surface area contributed by atoms with Gasteiger partial charge in [0.05, 0.1) is 10.1 Å². The van der Waals surface area contributed by atoms with Crippen LogP contribution in [-0.2, 0) is 0 Å². The van der Waals surface area contributed by atoms with Crippen molar-refractivity contribution in [3.8, 4) is 0 Å². The normalized spacial score (nSPS) is 52.6. The van der Waals surface area contributed by atoms with Gasteiger partial charge in [-0.1, -0.05) is 58.6 Å². The third kappa shape index (κ3) is 0.940. The molecule has 0 amide bonds. The molecular formula is C10H6Cl6. The van der Waals surface area contributed by atoms with Crippen molar-refractivity contribution in [2.75, 3.05) is 0 Å². The van der Waals surface area contributed by atoms with Gasteiger partial charge < -0.3 is 0 Å². The Hall–Kier alpha value is 1.22. The van der Waals surface area contributed by atoms with Crippen LogP contribution < -0.4 is 0 Å². The highest BCUT2D eigenvalue weighted by Crippen LogP contribution is 2.77. The Morgan fingerprint density at radius 3 is 2.19 bits per heavy atom. The second kappa shape index (κ2) is 3.21. The van der Waals surface area contributed by atoms with E-state index < -0.39 is 14.1 Å². The van der Waals surface area contributed by atoms with Gasteiger partial charge in [0, 0.05) is 5.92 Å². The van der Waals surface area contributed by atoms with Crippen LogP contribution in [0, 0.1) is 11.8 Å². The molecule has 0 N–H and O–H groups in total. The second-order valence-electron chi connectivity index (χ2n) is 4.42. The number of hydrogen-bond donors (Lipinski definition) is 0. The third-order valence-electron chi connectivity index (χ3n) is 3.88. The summed E-state index contributed by atoms with van der Waals surface area (Å²) in [5.41, 5.74) is 0. The maximum absolute atomic E-state index is 6.56. The maximum atomic E-state index is 6.56. The number of hydrogen-bond acceptors (Lipinski definition) is 0. The SMILES string of the molecule is ClC1=C(Cl)[C@]2(Cl)C3CC=CC3[C@@]1(Cl)C2(Cl)Cl. The number of allylic oxidation sites excluding steroid dienone is 4. The first-order valence-corrected chi connectivity index (χ1v) is 7.05. The van der Waals surface area contributed by atoms with Gasteiger partial charge in [-0.15, -0.1) is 23.2 Å². The van der Waals surface area contributed by atoms with Crippen LogP contribution in [0.15, 0.2) is 22.2 Å². The van der Waals surface area contributed by atoms with Crippen LogP contribution in [0.3, 0.4) is 0 Å². The predicted molar refractivity (Wildman–Crippen MR) is 71.1 cm³/mol. The lowest BCUT2D eigenvalue weighted by atomic mass is 9.84. The van der Waals surface area contributed by atoms with E-state index in [4.69, 9.17) is 69.6 Å². The summed E-state index contributed by atoms with van der Waals surface area (Å²) in [6.07, 6.45) is 4.77. The minimum Gasteiger partial charge on any atom is -0.109 e. The van der Waals surface area contributed by atoms with Crippen LogP contribution in [0.4, 0.5) is 0 Å². The first-order valence-electron chi connectivity index (χ1n) is 4.78. The Morgan fingerprint density at radius 1 is 1.00 bits per heavy atom. The molecule has 0 saturated heterocycles. The molecule has 0 heterocycles. The van der Waals surface area contributed by atoms with E-state index in [1.54, 1.807) is 0 Å². The molecule has 0 aromatic carbocycles. The van der Waals surface area contributed by atoms with Crippen LogP contribution in [-0.4, -0.2) is 14.1 Å². The molecule has 0 spiro atoms. The highest BCUT2D eigenvalue weighted by atomic mass is 35.5. The fourth-order valence-electron chi connectivity index (χ4n) is 3.08. The molecule has 2 bridgehead atoms. The Labute approximate surface area is 123 Å². The molecule has 0 aromatic rings. The summed E-state index contributed by atoms with van der Waals surface area (Å²) in [5.74, 6) is -0.0478. The van der Waals surface area contributed by atoms with Gasteiger partial charge >= 0.3 is 0 Å². The minimum absolute atomic E-state index is 0.0108. The topological polar surface area (TPSA) is 0 Å². The van der Waals surface area contributed by atoms with Gasteiger partial charge in [0.2, 0.25) is 0 Å². The summed E-state index contributed by atoms with van der Waals surface area (Å²) in [6, 6.07) is 0. The van der Waals surface area contributed by atoms with Gasteiger partial charge in [-0.2, -0.15) is 0 Å². The summed E-state index contributed by atoms with van der Waals surface area (Å²) < 4.78 is -1.38. The van der Waals surface area contributed by atoms with Crippen molar-refractivity contribution in [3.63, 3.8) is 0 Å². The fourth-order valence-corrected chi connectivity index (χ4v) is 6.12. The van der Waals surface area contributed by atoms with E-state index in [0.717, 1.165) is 6.42 Å². The number of halogens is 6. The highest BCUT2D eigenvalue weighted by molar-refractivity contribution is 6.65. The van der Waals surface area contributed by atoms with Crippen LogP contribution >= 0.6 is 69.6 Å². The van der Waals surface area contributed by atoms with E-state index in [1.807, 2.05) is 12.2 Å². The third-order valence-corrected chi connectivity index (χ3v) is 8.20. The smallest absolute Gasteiger partial charge is 0.109 e. The van der Waals surface area contributed by atoms with E-state index in [9.17, 15) is 0 Å². The predicted octanol–water partition coefficient (Wildman–Crippen LogP) is 5.02. The molecule has 1 saturated carbocycles. The van der Waals surface area contributed by atoms with Gasteiger partial charge in [-0.05, 0) is 12.3 Å². The van der Waals surface area contributed by atoms with Crippen molar-refractivity contribution < 1.29 is 0 Å². The zero-order chi connectivity index (χ0) is 11.9. The average Bonchev–Trinajstić information content (AvgIpc) is 2.78. The van der Waals surface area contributed by atoms with Crippen molar-refractivity contribution in [2.24, 2.45) is 11.8 Å². The van der Waals surface area contributed by atoms with Crippen LogP contribution in [0.2, 0.25) is 0 Å². The summed E-state index contributed by atoms with van der Waals surface area (Å²) in [7, 11) is 0. The molecule has 16 heavy (non-hydrogen) atoms. The first kappa shape index (κ1) is 12.3. The van der Waals surface area contributed by atoms with Crippen LogP contribution in [0.25, 0.3) is 0 Å². The van der Waals surface area contributed by atoms with Gasteiger partial charge in [-0.3, -0.25) is 0 Å². The molecule has 2 unspecified atom stereocenters. The monoisotopic (exact) mass is 336 g/mol. The summed E-state index contributed by atoms with van der Waals surface area (Å²) >= 11 is 38.2. The van der Waals surface area contributed by atoms with Crippen LogP contribution in [0.1, 0.15) is 6.42 Å². The first-order chi connectivity index (χ1) is 7.29. The van der Waals surface area contributed by atoms with Crippen molar-refractivity contribution in [1.29, 1.82) is 0 Å². The molecule has 0 radical (unpaired) electrons. The Balaban J connectivity index is 2.32. The quantitative estimate of drug-likeness (QED) is 0.429. The number of rotatable bonds is 0. The van der Waals surface area contributed by atoms with Gasteiger partial charge in [0.25, 0.3) is 0 Å². The van der Waals surface area contributed by atoms with E-state index in [0.29, 0.717) is 5.03 Å². The minimum atomic E-state index is -1.38. The zero-order valence-corrected chi connectivity index (χ0v) is 12.3. The molecule has 0 nitrogen and oxygen atoms in total. The summed E-state index contributed by atoms with van der Waals surface area (Å²) in [4.78, 5) is -2.18. The summed E-state index contributed by atoms with van der Waals surface area (Å²) in [5, 5.41) is 0.574. The molecule has 3 aliphatic carbocycles. The van der Waals surface area contributed by atoms with Crippen molar-refractivity contribution in [2.45, 2.75) is 20.5 Å². The van der Waals surface area contributed by atoms with E-state index in [1.165, 1.54) is 0 Å². The maximum Gasteiger partial charge on any atom is 0.167 e. The molecule has 0 aliphatic heterocycles. The van der Waals surface area contributed by atoms with Crippen molar-refractivity contribution in [1.82, 2.24) is 0 Å². The highest BCUT2D eigenvalue weighted by Gasteiger charge is 2.81. The molecule has 3 aliphatic rings. The molecule has 1 fully saturated rings. The van der Waals surface area contributed by atoms with Gasteiger partial charge in [0.15, 0.2) is 4.33 Å². The lowest BCUT2D eigenvalue weighted by molar-refractivity contribution is 0.416. The van der Waals surface area contributed by atoms with E-state index >= 15 is 0 Å². The lowest BCUT2D eigenvalue weighted by Gasteiger charge is -2.33. The molecule has 88 valence electrons. The number of alkyl halides is 4.